The number of carbonyl (C=O) groups is 2. The molecule has 4 N–H and O–H groups in total. The molecule has 1 saturated heterocycles. The molecule has 0 aliphatic carbocycles. The molecule has 0 bridgehead atoms. The average molecular weight is 423 g/mol. The molecule has 9 nitrogen and oxygen atoms in total. The van der Waals surface area contributed by atoms with Crippen molar-refractivity contribution in [1.29, 1.82) is 0 Å². The van der Waals surface area contributed by atoms with Crippen LogP contribution >= 0.6 is 12.4 Å². The number of aryl methyl sites for hydroxylation is 1. The van der Waals surface area contributed by atoms with E-state index in [1.165, 1.54) is 0 Å². The minimum absolute atomic E-state index is 0. The summed E-state index contributed by atoms with van der Waals surface area (Å²) in [4.78, 5) is 24.5. The second kappa shape index (κ2) is 10.8. The van der Waals surface area contributed by atoms with Gasteiger partial charge < -0.3 is 26.0 Å². The Morgan fingerprint density at radius 3 is 2.48 bits per heavy atom. The Hall–Kier alpha value is -2.62. The highest BCUT2D eigenvalue weighted by Crippen LogP contribution is 2.17. The normalized spacial score (nSPS) is 16.6. The summed E-state index contributed by atoms with van der Waals surface area (Å²) in [5.74, 6) is -0.189. The summed E-state index contributed by atoms with van der Waals surface area (Å²) in [5.41, 5.74) is 2.06. The molecule has 1 aromatic heterocycles. The molecule has 1 aliphatic rings. The van der Waals surface area contributed by atoms with E-state index in [2.05, 4.69) is 26.4 Å². The molecule has 1 fully saturated rings. The molecule has 0 radical (unpaired) electrons. The Morgan fingerprint density at radius 2 is 1.93 bits per heavy atom. The fraction of sp³-hybridized carbons (Fsp3) is 0.421. The number of aromatic nitrogens is 2. The van der Waals surface area contributed by atoms with Gasteiger partial charge in [-0.15, -0.1) is 12.4 Å². The molecule has 3 rings (SSSR count). The van der Waals surface area contributed by atoms with Crippen molar-refractivity contribution in [2.24, 2.45) is 7.05 Å². The van der Waals surface area contributed by atoms with E-state index >= 15 is 0 Å². The first-order valence-electron chi connectivity index (χ1n) is 9.28. The van der Waals surface area contributed by atoms with Crippen LogP contribution in [0.15, 0.2) is 36.7 Å². The number of hydrogen-bond acceptors (Lipinski definition) is 5. The number of urea groups is 1. The Morgan fingerprint density at radius 1 is 1.24 bits per heavy atom. The highest BCUT2D eigenvalue weighted by atomic mass is 35.5. The van der Waals surface area contributed by atoms with Crippen molar-refractivity contribution in [2.45, 2.75) is 25.0 Å². The topological polar surface area (TPSA) is 109 Å². The molecule has 158 valence electrons. The molecule has 29 heavy (non-hydrogen) atoms. The van der Waals surface area contributed by atoms with Crippen LogP contribution in [0, 0.1) is 0 Å². The standard InChI is InChI=1S/C19H26N6O3.ClH/c1-20-17(13-10-22-25(2)12-13)18(26)23-14-5-7-15(8-6-14)24-19(27)21-11-16-4-3-9-28-16;/h5-8,10,12,16-17,20H,3-4,9,11H2,1-2H3,(H,23,26)(H2,21,24,27);1H. The highest BCUT2D eigenvalue weighted by molar-refractivity contribution is 5.96. The van der Waals surface area contributed by atoms with Crippen LogP contribution < -0.4 is 21.3 Å². The lowest BCUT2D eigenvalue weighted by Gasteiger charge is -2.15. The fourth-order valence-corrected chi connectivity index (χ4v) is 3.08. The number of nitrogens with one attached hydrogen (secondary N) is 4. The number of likely N-dealkylation sites (N-methyl/N-ethyl adjacent to an activating group) is 1. The molecule has 2 atom stereocenters. The summed E-state index contributed by atoms with van der Waals surface area (Å²) in [6, 6.07) is 6.17. The first-order valence-corrected chi connectivity index (χ1v) is 9.28. The Labute approximate surface area is 176 Å². The van der Waals surface area contributed by atoms with E-state index in [0.717, 1.165) is 25.0 Å². The smallest absolute Gasteiger partial charge is 0.319 e. The predicted molar refractivity (Wildman–Crippen MR) is 113 cm³/mol. The van der Waals surface area contributed by atoms with Gasteiger partial charge in [-0.25, -0.2) is 4.79 Å². The third-order valence-electron chi connectivity index (χ3n) is 4.53. The van der Waals surface area contributed by atoms with E-state index in [-0.39, 0.29) is 30.4 Å². The molecule has 0 saturated carbocycles. The fourth-order valence-electron chi connectivity index (χ4n) is 3.08. The quantitative estimate of drug-likeness (QED) is 0.546. The molecule has 0 spiro atoms. The van der Waals surface area contributed by atoms with Gasteiger partial charge in [0.1, 0.15) is 6.04 Å². The van der Waals surface area contributed by atoms with Crippen LogP contribution in [0.4, 0.5) is 16.2 Å². The third kappa shape index (κ3) is 6.45. The van der Waals surface area contributed by atoms with Gasteiger partial charge in [0.2, 0.25) is 5.91 Å². The van der Waals surface area contributed by atoms with Gasteiger partial charge in [0, 0.05) is 43.3 Å². The second-order valence-corrected chi connectivity index (χ2v) is 6.71. The Kier molecular flexibility index (Phi) is 8.44. The number of benzene rings is 1. The molecule has 10 heteroatoms. The van der Waals surface area contributed by atoms with Crippen LogP contribution in [0.25, 0.3) is 0 Å². The monoisotopic (exact) mass is 422 g/mol. The van der Waals surface area contributed by atoms with Crippen molar-refractivity contribution in [1.82, 2.24) is 20.4 Å². The van der Waals surface area contributed by atoms with Crippen molar-refractivity contribution in [2.75, 3.05) is 30.8 Å². The number of halogens is 1. The van der Waals surface area contributed by atoms with Crippen LogP contribution in [-0.2, 0) is 16.6 Å². The Bertz CT molecular complexity index is 805. The number of hydrogen-bond donors (Lipinski definition) is 4. The predicted octanol–water partition coefficient (Wildman–Crippen LogP) is 2.04. The van der Waals surface area contributed by atoms with Gasteiger partial charge in [0.15, 0.2) is 0 Å². The summed E-state index contributed by atoms with van der Waals surface area (Å²) < 4.78 is 7.13. The number of ether oxygens (including phenoxy) is 1. The largest absolute Gasteiger partial charge is 0.376 e. The second-order valence-electron chi connectivity index (χ2n) is 6.71. The van der Waals surface area contributed by atoms with Crippen molar-refractivity contribution in [3.05, 3.63) is 42.2 Å². The highest BCUT2D eigenvalue weighted by Gasteiger charge is 2.20. The lowest BCUT2D eigenvalue weighted by atomic mass is 10.1. The van der Waals surface area contributed by atoms with Crippen molar-refractivity contribution in [3.63, 3.8) is 0 Å². The molecule has 2 aromatic rings. The number of carbonyl (C=O) groups excluding carboxylic acids is 2. The van der Waals surface area contributed by atoms with Gasteiger partial charge in [-0.2, -0.15) is 5.10 Å². The number of anilines is 2. The molecule has 2 heterocycles. The first kappa shape index (κ1) is 22.7. The van der Waals surface area contributed by atoms with Gasteiger partial charge in [0.25, 0.3) is 0 Å². The minimum Gasteiger partial charge on any atom is -0.376 e. The maximum atomic E-state index is 12.5. The van der Waals surface area contributed by atoms with E-state index in [9.17, 15) is 9.59 Å². The third-order valence-corrected chi connectivity index (χ3v) is 4.53. The van der Waals surface area contributed by atoms with E-state index < -0.39 is 6.04 Å². The van der Waals surface area contributed by atoms with Crippen LogP contribution in [0.2, 0.25) is 0 Å². The first-order chi connectivity index (χ1) is 13.5. The van der Waals surface area contributed by atoms with Crippen molar-refractivity contribution in [3.8, 4) is 0 Å². The van der Waals surface area contributed by atoms with E-state index in [4.69, 9.17) is 4.74 Å². The minimum atomic E-state index is -0.505. The molecule has 2 unspecified atom stereocenters. The molecule has 1 aromatic carbocycles. The van der Waals surface area contributed by atoms with Gasteiger partial charge in [-0.3, -0.25) is 9.48 Å². The van der Waals surface area contributed by atoms with E-state index in [0.29, 0.717) is 17.9 Å². The van der Waals surface area contributed by atoms with Crippen LogP contribution in [0.1, 0.15) is 24.4 Å². The van der Waals surface area contributed by atoms with Gasteiger partial charge in [0.05, 0.1) is 12.3 Å². The summed E-state index contributed by atoms with van der Waals surface area (Å²) in [6.07, 6.45) is 5.56. The molecule has 3 amide bonds. The molecular weight excluding hydrogens is 396 g/mol. The van der Waals surface area contributed by atoms with Gasteiger partial charge in [-0.05, 0) is 44.2 Å². The number of rotatable bonds is 7. The van der Waals surface area contributed by atoms with E-state index in [1.54, 1.807) is 55.4 Å². The zero-order chi connectivity index (χ0) is 19.9. The number of amides is 3. The number of nitrogens with zero attached hydrogens (tertiary/aromatic N) is 2. The van der Waals surface area contributed by atoms with Crippen molar-refractivity contribution < 1.29 is 14.3 Å². The summed E-state index contributed by atoms with van der Waals surface area (Å²) in [7, 11) is 3.52. The van der Waals surface area contributed by atoms with Crippen LogP contribution in [-0.4, -0.2) is 48.0 Å². The molecular formula is C19H27ClN6O3. The lowest BCUT2D eigenvalue weighted by molar-refractivity contribution is -0.118. The molecule has 1 aliphatic heterocycles. The summed E-state index contributed by atoms with van der Waals surface area (Å²) >= 11 is 0. The summed E-state index contributed by atoms with van der Waals surface area (Å²) in [5, 5.41) is 15.5. The maximum absolute atomic E-state index is 12.5. The average Bonchev–Trinajstić information content (AvgIpc) is 3.34. The van der Waals surface area contributed by atoms with Gasteiger partial charge >= 0.3 is 6.03 Å². The maximum Gasteiger partial charge on any atom is 0.319 e. The Balaban J connectivity index is 0.00000300. The van der Waals surface area contributed by atoms with Crippen molar-refractivity contribution >= 4 is 35.7 Å². The van der Waals surface area contributed by atoms with E-state index in [1.807, 2.05) is 0 Å². The van der Waals surface area contributed by atoms with Gasteiger partial charge in [-0.1, -0.05) is 0 Å². The SMILES string of the molecule is CNC(C(=O)Nc1ccc(NC(=O)NCC2CCCO2)cc1)c1cnn(C)c1.Cl. The van der Waals surface area contributed by atoms with Crippen LogP contribution in [0.3, 0.4) is 0 Å². The van der Waals surface area contributed by atoms with Crippen LogP contribution in [0.5, 0.6) is 0 Å². The summed E-state index contributed by atoms with van der Waals surface area (Å²) in [6.45, 7) is 1.26. The zero-order valence-corrected chi connectivity index (χ0v) is 17.3. The lowest BCUT2D eigenvalue weighted by Crippen LogP contribution is -2.35. The zero-order valence-electron chi connectivity index (χ0n) is 16.5.